The molecule has 1 N–H and O–H groups in total. The average Bonchev–Trinajstić information content (AvgIpc) is 2.40. The van der Waals surface area contributed by atoms with Crippen LogP contribution in [0.15, 0.2) is 11.6 Å². The molecule has 1 aliphatic rings. The first-order valence-electron chi connectivity index (χ1n) is 10.2. The molecule has 3 nitrogen and oxygen atoms in total. The van der Waals surface area contributed by atoms with Crippen LogP contribution in [0.25, 0.3) is 0 Å². The second kappa shape index (κ2) is 7.97. The third kappa shape index (κ3) is 6.31. The van der Waals surface area contributed by atoms with E-state index in [1.165, 1.54) is 0 Å². The first kappa shape index (κ1) is 21.4. The molecule has 25 heavy (non-hydrogen) atoms. The van der Waals surface area contributed by atoms with Crippen LogP contribution in [0.1, 0.15) is 62.2 Å². The van der Waals surface area contributed by atoms with Crippen LogP contribution in [0.5, 0.6) is 0 Å². The van der Waals surface area contributed by atoms with E-state index in [0.29, 0.717) is 0 Å². The van der Waals surface area contributed by atoms with Gasteiger partial charge in [0.05, 0.1) is 18.8 Å². The fourth-order valence-electron chi connectivity index (χ4n) is 2.57. The van der Waals surface area contributed by atoms with Crippen molar-refractivity contribution < 1.29 is 15.3 Å². The molecule has 0 heterocycles. The van der Waals surface area contributed by atoms with Gasteiger partial charge in [0.25, 0.3) is 0 Å². The Bertz CT molecular complexity index is 504. The zero-order valence-corrected chi connectivity index (χ0v) is 20.2. The summed E-state index contributed by atoms with van der Waals surface area (Å²) in [5, 5.41) is 9.67. The molecule has 0 unspecified atom stereocenters. The van der Waals surface area contributed by atoms with E-state index in [9.17, 15) is 5.11 Å². The molecule has 1 aliphatic carbocycles. The lowest BCUT2D eigenvalue weighted by atomic mass is 9.90. The monoisotopic (exact) mass is 387 g/mol. The van der Waals surface area contributed by atoms with E-state index >= 15 is 0 Å². The van der Waals surface area contributed by atoms with Crippen LogP contribution in [0.2, 0.25) is 36.3 Å². The molecular formula is C20H42O3Si2. The largest absolute Gasteiger partial charge is 0.414 e. The van der Waals surface area contributed by atoms with Gasteiger partial charge in [0, 0.05) is 1.37 Å². The third-order valence-corrected chi connectivity index (χ3v) is 15.3. The Labute approximate surface area is 159 Å². The number of hydrogen-bond acceptors (Lipinski definition) is 3. The van der Waals surface area contributed by atoms with E-state index in [4.69, 9.17) is 10.2 Å². The molecule has 0 aromatic heterocycles. The maximum absolute atomic E-state index is 9.41. The van der Waals surface area contributed by atoms with Crippen molar-refractivity contribution in [3.63, 3.8) is 0 Å². The zero-order valence-electron chi connectivity index (χ0n) is 19.2. The van der Waals surface area contributed by atoms with Crippen LogP contribution in [0.4, 0.5) is 0 Å². The second-order valence-electron chi connectivity index (χ2n) is 10.5. The maximum atomic E-state index is 9.41. The van der Waals surface area contributed by atoms with Crippen molar-refractivity contribution in [3.05, 3.63) is 11.6 Å². The molecule has 5 heteroatoms. The summed E-state index contributed by atoms with van der Waals surface area (Å²) in [6.07, 6.45) is 2.81. The first-order valence-corrected chi connectivity index (χ1v) is 15.4. The summed E-state index contributed by atoms with van der Waals surface area (Å²) in [6.45, 7) is 22.5. The number of aliphatic hydroxyl groups excluding tert-OH is 1. The van der Waals surface area contributed by atoms with Crippen LogP contribution in [0, 0.1) is 0 Å². The smallest absolute Gasteiger partial charge is 0.192 e. The SMILES string of the molecule is [2H][C@H]1/C(=C\CO)C[C@@H](O[Si](C)(C)C(C)(C)C)C[C@@H]1O[Si](C)(C)C(C)(C)C. The summed E-state index contributed by atoms with van der Waals surface area (Å²) in [6, 6.07) is 0. The van der Waals surface area contributed by atoms with Crippen molar-refractivity contribution in [1.29, 1.82) is 0 Å². The van der Waals surface area contributed by atoms with Gasteiger partial charge in [0.1, 0.15) is 0 Å². The van der Waals surface area contributed by atoms with Crippen molar-refractivity contribution >= 4 is 16.6 Å². The Kier molecular flexibility index (Phi) is 6.81. The van der Waals surface area contributed by atoms with Crippen molar-refractivity contribution in [1.82, 2.24) is 0 Å². The summed E-state index contributed by atoms with van der Waals surface area (Å²) in [5.74, 6) is 0. The van der Waals surface area contributed by atoms with E-state index in [1.54, 1.807) is 6.08 Å². The Morgan fingerprint density at radius 2 is 1.44 bits per heavy atom. The number of hydrogen-bond donors (Lipinski definition) is 1. The lowest BCUT2D eigenvalue weighted by Crippen LogP contribution is -2.48. The van der Waals surface area contributed by atoms with Gasteiger partial charge < -0.3 is 14.0 Å². The minimum Gasteiger partial charge on any atom is -0.414 e. The lowest BCUT2D eigenvalue weighted by Gasteiger charge is -2.45. The van der Waals surface area contributed by atoms with Gasteiger partial charge in [0.15, 0.2) is 16.6 Å². The minimum atomic E-state index is -1.97. The molecule has 1 rings (SSSR count). The third-order valence-electron chi connectivity index (χ3n) is 6.23. The number of aliphatic hydroxyl groups is 1. The van der Waals surface area contributed by atoms with Gasteiger partial charge in [-0.15, -0.1) is 0 Å². The van der Waals surface area contributed by atoms with E-state index in [1.807, 2.05) is 0 Å². The summed E-state index contributed by atoms with van der Waals surface area (Å²) < 4.78 is 22.0. The van der Waals surface area contributed by atoms with Crippen LogP contribution in [-0.2, 0) is 8.85 Å². The molecule has 3 atom stereocenters. The number of rotatable bonds is 5. The van der Waals surface area contributed by atoms with Gasteiger partial charge in [-0.05, 0) is 55.5 Å². The zero-order chi connectivity index (χ0) is 20.6. The predicted octanol–water partition coefficient (Wildman–Crippen LogP) is 5.87. The van der Waals surface area contributed by atoms with Gasteiger partial charge in [-0.25, -0.2) is 0 Å². The second-order valence-corrected chi connectivity index (χ2v) is 20.0. The van der Waals surface area contributed by atoms with Gasteiger partial charge in [-0.3, -0.25) is 0 Å². The normalized spacial score (nSPS) is 29.0. The first-order chi connectivity index (χ1) is 11.5. The molecule has 0 radical (unpaired) electrons. The van der Waals surface area contributed by atoms with E-state index in [2.05, 4.69) is 67.7 Å². The summed E-state index contributed by atoms with van der Waals surface area (Å²) in [7, 11) is -3.85. The van der Waals surface area contributed by atoms with Gasteiger partial charge >= 0.3 is 0 Å². The molecule has 1 fully saturated rings. The topological polar surface area (TPSA) is 38.7 Å². The summed E-state index contributed by atoms with van der Waals surface area (Å²) in [5.41, 5.74) is 0.964. The molecule has 0 aromatic rings. The fraction of sp³-hybridized carbons (Fsp3) is 0.900. The highest BCUT2D eigenvalue weighted by Crippen LogP contribution is 2.42. The maximum Gasteiger partial charge on any atom is 0.192 e. The highest BCUT2D eigenvalue weighted by molar-refractivity contribution is 6.74. The quantitative estimate of drug-likeness (QED) is 0.473. The van der Waals surface area contributed by atoms with Gasteiger partial charge in [-0.1, -0.05) is 53.2 Å². The molecule has 0 spiro atoms. The minimum absolute atomic E-state index is 0.0235. The van der Waals surface area contributed by atoms with Crippen molar-refractivity contribution in [2.45, 2.75) is 109 Å². The van der Waals surface area contributed by atoms with Crippen LogP contribution in [-0.4, -0.2) is 40.6 Å². The van der Waals surface area contributed by atoms with Crippen LogP contribution < -0.4 is 0 Å². The lowest BCUT2D eigenvalue weighted by molar-refractivity contribution is 0.0722. The van der Waals surface area contributed by atoms with Crippen molar-refractivity contribution in [3.8, 4) is 0 Å². The summed E-state index contributed by atoms with van der Waals surface area (Å²) >= 11 is 0. The highest BCUT2D eigenvalue weighted by Gasteiger charge is 2.43. The van der Waals surface area contributed by atoms with E-state index in [-0.39, 0.29) is 28.9 Å². The van der Waals surface area contributed by atoms with Crippen LogP contribution in [0.3, 0.4) is 0 Å². The molecule has 148 valence electrons. The van der Waals surface area contributed by atoms with Gasteiger partial charge in [0.2, 0.25) is 0 Å². The fourth-order valence-corrected chi connectivity index (χ4v) is 5.21. The highest BCUT2D eigenvalue weighted by atomic mass is 28.4. The molecule has 0 aliphatic heterocycles. The van der Waals surface area contributed by atoms with Crippen molar-refractivity contribution in [2.75, 3.05) is 6.61 Å². The molecule has 1 saturated carbocycles. The molecule has 0 aromatic carbocycles. The van der Waals surface area contributed by atoms with E-state index < -0.39 is 23.0 Å². The molecule has 0 bridgehead atoms. The molecular weight excluding hydrogens is 344 g/mol. The van der Waals surface area contributed by atoms with Crippen LogP contribution >= 0.6 is 0 Å². The average molecular weight is 388 g/mol. The Hall–Kier alpha value is 0.0538. The Morgan fingerprint density at radius 3 is 1.84 bits per heavy atom. The molecule has 0 saturated heterocycles. The van der Waals surface area contributed by atoms with Gasteiger partial charge in [-0.2, -0.15) is 0 Å². The Balaban J connectivity index is 3.06. The van der Waals surface area contributed by atoms with E-state index in [0.717, 1.165) is 18.4 Å². The summed E-state index contributed by atoms with van der Waals surface area (Å²) in [4.78, 5) is 0. The van der Waals surface area contributed by atoms with Crippen molar-refractivity contribution in [2.24, 2.45) is 0 Å². The standard InChI is InChI=1S/C20H42O3Si2/c1-19(2,3)24(7,8)22-17-13-16(11-12-21)14-18(15-17)23-25(9,10)20(4,5)6/h11,17-18,21H,12-15H2,1-10H3/t17-,18-/m1/s1/i13D/b16-11+/t13-,17+,18+/m0. The Morgan fingerprint density at radius 1 is 1.00 bits per heavy atom. The predicted molar refractivity (Wildman–Crippen MR) is 113 cm³/mol. The molecule has 0 amide bonds.